The maximum absolute atomic E-state index is 13.8. The fraction of sp³-hybridized carbons (Fsp3) is 0.0625. The summed E-state index contributed by atoms with van der Waals surface area (Å²) in [7, 11) is 0. The molecule has 3 heterocycles. The molecule has 0 spiro atoms. The lowest BCUT2D eigenvalue weighted by atomic mass is 10.3. The number of hydrogen-bond donors (Lipinski definition) is 1. The Kier molecular flexibility index (Phi) is 3.46. The number of H-pyrrole nitrogens is 1. The van der Waals surface area contributed by atoms with E-state index in [0.717, 1.165) is 4.68 Å². The number of aromatic amines is 1. The highest BCUT2D eigenvalue weighted by Crippen LogP contribution is 2.18. The summed E-state index contributed by atoms with van der Waals surface area (Å²) < 4.78 is 28.7. The van der Waals surface area contributed by atoms with Crippen LogP contribution in [0.4, 0.5) is 8.78 Å². The van der Waals surface area contributed by atoms with Gasteiger partial charge in [0, 0.05) is 17.0 Å². The largest absolute Gasteiger partial charge is 0.310 e. The molecule has 0 atom stereocenters. The first-order valence-electron chi connectivity index (χ1n) is 7.06. The van der Waals surface area contributed by atoms with Crippen LogP contribution in [0.25, 0.3) is 16.6 Å². The van der Waals surface area contributed by atoms with E-state index < -0.39 is 11.6 Å². The minimum atomic E-state index is -0.698. The van der Waals surface area contributed by atoms with E-state index in [1.165, 1.54) is 35.7 Å². The Bertz CT molecular complexity index is 1080. The molecule has 0 aliphatic rings. The molecule has 4 aromatic rings. The Balaban J connectivity index is 1.69. The van der Waals surface area contributed by atoms with Crippen molar-refractivity contribution in [2.45, 2.75) is 6.42 Å². The summed E-state index contributed by atoms with van der Waals surface area (Å²) >= 11 is 1.40. The summed E-state index contributed by atoms with van der Waals surface area (Å²) in [4.78, 5) is 19.0. The second-order valence-corrected chi connectivity index (χ2v) is 5.93. The lowest BCUT2D eigenvalue weighted by Gasteiger charge is -2.04. The van der Waals surface area contributed by atoms with Crippen LogP contribution in [0.2, 0.25) is 0 Å². The highest BCUT2D eigenvalue weighted by Gasteiger charge is 2.13. The topological polar surface area (TPSA) is 63.6 Å². The Morgan fingerprint density at radius 2 is 1.96 bits per heavy atom. The van der Waals surface area contributed by atoms with Crippen LogP contribution >= 0.6 is 11.3 Å². The van der Waals surface area contributed by atoms with Gasteiger partial charge >= 0.3 is 0 Å². The summed E-state index contributed by atoms with van der Waals surface area (Å²) in [6.45, 7) is 0. The van der Waals surface area contributed by atoms with Gasteiger partial charge in [-0.1, -0.05) is 6.07 Å². The van der Waals surface area contributed by atoms with Crippen LogP contribution < -0.4 is 5.56 Å². The number of halogens is 2. The molecule has 0 radical (unpaired) electrons. The van der Waals surface area contributed by atoms with Crippen LogP contribution in [0.3, 0.4) is 0 Å². The molecule has 0 bridgehead atoms. The molecule has 120 valence electrons. The number of aromatic nitrogens is 4. The zero-order valence-corrected chi connectivity index (χ0v) is 13.0. The molecule has 0 fully saturated rings. The maximum Gasteiger partial charge on any atom is 0.259 e. The minimum absolute atomic E-state index is 0.212. The van der Waals surface area contributed by atoms with Gasteiger partial charge in [-0.25, -0.2) is 18.4 Å². The van der Waals surface area contributed by atoms with Gasteiger partial charge in [-0.2, -0.15) is 5.10 Å². The van der Waals surface area contributed by atoms with Crippen LogP contribution in [0.1, 0.15) is 11.5 Å². The van der Waals surface area contributed by atoms with Crippen molar-refractivity contribution in [2.24, 2.45) is 0 Å². The zero-order chi connectivity index (χ0) is 16.7. The predicted octanol–water partition coefficient (Wildman–Crippen LogP) is 3.04. The molecular formula is C16H10F2N4OS. The Hall–Kier alpha value is -2.87. The minimum Gasteiger partial charge on any atom is -0.310 e. The Morgan fingerprint density at radius 1 is 1.17 bits per heavy atom. The Labute approximate surface area is 138 Å². The normalized spacial score (nSPS) is 11.2. The van der Waals surface area contributed by atoms with Crippen LogP contribution in [0.5, 0.6) is 0 Å². The van der Waals surface area contributed by atoms with Gasteiger partial charge < -0.3 is 4.98 Å². The summed E-state index contributed by atoms with van der Waals surface area (Å²) in [6, 6.07) is 5.26. The van der Waals surface area contributed by atoms with Crippen LogP contribution in [0, 0.1) is 11.6 Å². The van der Waals surface area contributed by atoms with Gasteiger partial charge in [0.05, 0.1) is 23.0 Å². The zero-order valence-electron chi connectivity index (χ0n) is 12.2. The van der Waals surface area contributed by atoms with E-state index in [1.54, 1.807) is 16.8 Å². The third-order valence-electron chi connectivity index (χ3n) is 3.56. The molecular weight excluding hydrogens is 334 g/mol. The monoisotopic (exact) mass is 344 g/mol. The van der Waals surface area contributed by atoms with E-state index in [1.807, 2.05) is 0 Å². The molecule has 5 nitrogen and oxygen atoms in total. The summed E-state index contributed by atoms with van der Waals surface area (Å²) in [5.74, 6) is -0.947. The highest BCUT2D eigenvalue weighted by atomic mass is 32.1. The van der Waals surface area contributed by atoms with Crippen LogP contribution in [0.15, 0.2) is 46.0 Å². The molecule has 0 aliphatic carbocycles. The molecule has 0 aliphatic heterocycles. The number of nitrogens with one attached hydrogen (secondary N) is 1. The Morgan fingerprint density at radius 3 is 2.75 bits per heavy atom. The number of fused-ring (bicyclic) bond motifs is 1. The van der Waals surface area contributed by atoms with Crippen molar-refractivity contribution in [3.8, 4) is 5.69 Å². The molecule has 0 saturated carbocycles. The number of benzene rings is 1. The third-order valence-corrected chi connectivity index (χ3v) is 4.29. The van der Waals surface area contributed by atoms with E-state index in [-0.39, 0.29) is 17.7 Å². The number of thiophene rings is 1. The average Bonchev–Trinajstić information content (AvgIpc) is 3.17. The van der Waals surface area contributed by atoms with E-state index in [0.29, 0.717) is 22.4 Å². The standard InChI is InChI=1S/C16H10F2N4OS/c17-11-2-1-3-12(18)15(11)22-5-4-9(21-22)6-14-19-13-8-24-7-10(13)16(23)20-14/h1-5,7-8H,6H2,(H,19,20,23). The van der Waals surface area contributed by atoms with Gasteiger partial charge in [0.1, 0.15) is 11.5 Å². The van der Waals surface area contributed by atoms with Gasteiger partial charge in [0.15, 0.2) is 11.6 Å². The highest BCUT2D eigenvalue weighted by molar-refractivity contribution is 7.09. The SMILES string of the molecule is O=c1[nH]c(Cc2ccn(-c3c(F)cccc3F)n2)nc2cscc12. The number of rotatable bonds is 3. The third kappa shape index (κ3) is 2.50. The van der Waals surface area contributed by atoms with Crippen molar-refractivity contribution in [3.05, 3.63) is 74.7 Å². The lowest BCUT2D eigenvalue weighted by Crippen LogP contribution is -2.11. The van der Waals surface area contributed by atoms with Crippen molar-refractivity contribution >= 4 is 22.2 Å². The number of nitrogens with zero attached hydrogens (tertiary/aromatic N) is 3. The molecule has 1 aromatic carbocycles. The second kappa shape index (κ2) is 5.64. The molecule has 4 rings (SSSR count). The molecule has 8 heteroatoms. The predicted molar refractivity (Wildman–Crippen MR) is 86.5 cm³/mol. The fourth-order valence-electron chi connectivity index (χ4n) is 2.46. The first-order valence-corrected chi connectivity index (χ1v) is 8.00. The molecule has 24 heavy (non-hydrogen) atoms. The molecule has 0 amide bonds. The molecule has 3 aromatic heterocycles. The van der Waals surface area contributed by atoms with Crippen LogP contribution in [-0.2, 0) is 6.42 Å². The first kappa shape index (κ1) is 14.7. The van der Waals surface area contributed by atoms with E-state index in [2.05, 4.69) is 15.1 Å². The summed E-state index contributed by atoms with van der Waals surface area (Å²) in [5.41, 5.74) is 0.711. The average molecular weight is 344 g/mol. The van der Waals surface area contributed by atoms with Crippen molar-refractivity contribution in [3.63, 3.8) is 0 Å². The summed E-state index contributed by atoms with van der Waals surface area (Å²) in [5, 5.41) is 8.25. The number of hydrogen-bond acceptors (Lipinski definition) is 4. The van der Waals surface area contributed by atoms with Gasteiger partial charge in [-0.15, -0.1) is 11.3 Å². The van der Waals surface area contributed by atoms with Crippen molar-refractivity contribution in [1.29, 1.82) is 0 Å². The summed E-state index contributed by atoms with van der Waals surface area (Å²) in [6.07, 6.45) is 1.72. The van der Waals surface area contributed by atoms with E-state index >= 15 is 0 Å². The quantitative estimate of drug-likeness (QED) is 0.621. The van der Waals surface area contributed by atoms with Gasteiger partial charge in [0.2, 0.25) is 0 Å². The van der Waals surface area contributed by atoms with Gasteiger partial charge in [-0.05, 0) is 18.2 Å². The van der Waals surface area contributed by atoms with Crippen molar-refractivity contribution < 1.29 is 8.78 Å². The van der Waals surface area contributed by atoms with Gasteiger partial charge in [0.25, 0.3) is 5.56 Å². The lowest BCUT2D eigenvalue weighted by molar-refractivity contribution is 0.559. The van der Waals surface area contributed by atoms with E-state index in [9.17, 15) is 13.6 Å². The van der Waals surface area contributed by atoms with Crippen molar-refractivity contribution in [1.82, 2.24) is 19.7 Å². The molecule has 0 saturated heterocycles. The second-order valence-electron chi connectivity index (χ2n) is 5.18. The number of para-hydroxylation sites is 1. The fourth-order valence-corrected chi connectivity index (χ4v) is 3.20. The van der Waals surface area contributed by atoms with Crippen molar-refractivity contribution in [2.75, 3.05) is 0 Å². The maximum atomic E-state index is 13.8. The first-order chi connectivity index (χ1) is 11.6. The van der Waals surface area contributed by atoms with Crippen LogP contribution in [-0.4, -0.2) is 19.7 Å². The van der Waals surface area contributed by atoms with Gasteiger partial charge in [-0.3, -0.25) is 4.79 Å². The smallest absolute Gasteiger partial charge is 0.259 e. The van der Waals surface area contributed by atoms with E-state index in [4.69, 9.17) is 0 Å². The molecule has 0 unspecified atom stereocenters. The molecule has 1 N–H and O–H groups in total.